The molecule has 0 heterocycles. The standard InChI is InChI=1S/C21H20FNO2S/c1-13-18(10-14-4-7-16(8-5-14)26(3)25)17-9-6-15(22)11-20(17)19(13)12-21(24)23-2/h4-11H,12H2,1-3H3,(H,23,24)/b18-10-. The summed E-state index contributed by atoms with van der Waals surface area (Å²) in [6.07, 6.45) is 3.88. The third-order valence-electron chi connectivity index (χ3n) is 4.59. The Morgan fingerprint density at radius 3 is 2.46 bits per heavy atom. The van der Waals surface area contributed by atoms with Crippen molar-refractivity contribution in [2.45, 2.75) is 18.2 Å². The fourth-order valence-corrected chi connectivity index (χ4v) is 3.67. The summed E-state index contributed by atoms with van der Waals surface area (Å²) in [6.45, 7) is 1.96. The average Bonchev–Trinajstić information content (AvgIpc) is 2.87. The number of amides is 1. The van der Waals surface area contributed by atoms with Crippen LogP contribution in [0.25, 0.3) is 17.2 Å². The van der Waals surface area contributed by atoms with Gasteiger partial charge < -0.3 is 5.32 Å². The third kappa shape index (κ3) is 3.53. The summed E-state index contributed by atoms with van der Waals surface area (Å²) >= 11 is 0. The Balaban J connectivity index is 2.08. The summed E-state index contributed by atoms with van der Waals surface area (Å²) in [6, 6.07) is 12.2. The number of allylic oxidation sites excluding steroid dienone is 2. The molecule has 1 aliphatic rings. The molecule has 0 bridgehead atoms. The van der Waals surface area contributed by atoms with Crippen molar-refractivity contribution in [2.75, 3.05) is 13.3 Å². The zero-order chi connectivity index (χ0) is 18.8. The summed E-state index contributed by atoms with van der Waals surface area (Å²) < 4.78 is 25.3. The molecule has 5 heteroatoms. The van der Waals surface area contributed by atoms with Gasteiger partial charge in [0, 0.05) is 29.0 Å². The van der Waals surface area contributed by atoms with E-state index in [9.17, 15) is 13.4 Å². The molecule has 0 radical (unpaired) electrons. The van der Waals surface area contributed by atoms with Crippen LogP contribution in [-0.2, 0) is 15.6 Å². The maximum Gasteiger partial charge on any atom is 0.224 e. The maximum absolute atomic E-state index is 13.8. The van der Waals surface area contributed by atoms with E-state index in [2.05, 4.69) is 5.32 Å². The highest BCUT2D eigenvalue weighted by atomic mass is 32.2. The maximum atomic E-state index is 13.8. The number of carbonyl (C=O) groups is 1. The van der Waals surface area contributed by atoms with Crippen molar-refractivity contribution in [3.8, 4) is 0 Å². The average molecular weight is 369 g/mol. The van der Waals surface area contributed by atoms with Gasteiger partial charge >= 0.3 is 0 Å². The van der Waals surface area contributed by atoms with Crippen LogP contribution < -0.4 is 5.32 Å². The molecule has 1 aliphatic carbocycles. The van der Waals surface area contributed by atoms with E-state index in [1.807, 2.05) is 37.3 Å². The smallest absolute Gasteiger partial charge is 0.224 e. The molecule has 1 N–H and O–H groups in total. The van der Waals surface area contributed by atoms with E-state index in [0.29, 0.717) is 0 Å². The lowest BCUT2D eigenvalue weighted by atomic mass is 10.0. The van der Waals surface area contributed by atoms with Crippen molar-refractivity contribution in [3.05, 3.63) is 70.5 Å². The van der Waals surface area contributed by atoms with Gasteiger partial charge in [0.15, 0.2) is 0 Å². The van der Waals surface area contributed by atoms with E-state index >= 15 is 0 Å². The van der Waals surface area contributed by atoms with Crippen molar-refractivity contribution in [1.29, 1.82) is 0 Å². The van der Waals surface area contributed by atoms with E-state index in [1.165, 1.54) is 12.1 Å². The molecule has 0 saturated heterocycles. The molecule has 0 spiro atoms. The fraction of sp³-hybridized carbons (Fsp3) is 0.190. The summed E-state index contributed by atoms with van der Waals surface area (Å²) in [5, 5.41) is 2.62. The van der Waals surface area contributed by atoms with Gasteiger partial charge in [0.25, 0.3) is 0 Å². The van der Waals surface area contributed by atoms with Gasteiger partial charge in [-0.25, -0.2) is 4.39 Å². The predicted molar refractivity (Wildman–Crippen MR) is 104 cm³/mol. The van der Waals surface area contributed by atoms with E-state index in [-0.39, 0.29) is 18.1 Å². The van der Waals surface area contributed by atoms with Gasteiger partial charge in [-0.3, -0.25) is 9.00 Å². The third-order valence-corrected chi connectivity index (χ3v) is 5.53. The number of hydrogen-bond acceptors (Lipinski definition) is 2. The highest BCUT2D eigenvalue weighted by Crippen LogP contribution is 2.43. The molecule has 2 aromatic carbocycles. The molecule has 1 atom stereocenters. The van der Waals surface area contributed by atoms with Crippen molar-refractivity contribution >= 4 is 33.9 Å². The van der Waals surface area contributed by atoms with Crippen LogP contribution in [0.2, 0.25) is 0 Å². The van der Waals surface area contributed by atoms with Crippen molar-refractivity contribution in [1.82, 2.24) is 5.32 Å². The van der Waals surface area contributed by atoms with Crippen molar-refractivity contribution in [2.24, 2.45) is 0 Å². The van der Waals surface area contributed by atoms with Crippen LogP contribution in [0.3, 0.4) is 0 Å². The first kappa shape index (κ1) is 18.3. The minimum absolute atomic E-state index is 0.106. The minimum atomic E-state index is -1.02. The number of fused-ring (bicyclic) bond motifs is 1. The second kappa shape index (κ2) is 7.38. The van der Waals surface area contributed by atoms with Crippen LogP contribution in [0.1, 0.15) is 30.0 Å². The van der Waals surface area contributed by atoms with Crippen LogP contribution >= 0.6 is 0 Å². The highest BCUT2D eigenvalue weighted by Gasteiger charge is 2.25. The van der Waals surface area contributed by atoms with E-state index in [1.54, 1.807) is 19.4 Å². The van der Waals surface area contributed by atoms with Gasteiger partial charge in [-0.2, -0.15) is 0 Å². The Kier molecular flexibility index (Phi) is 5.18. The number of nitrogens with one attached hydrogen (secondary N) is 1. The van der Waals surface area contributed by atoms with Crippen molar-refractivity contribution < 1.29 is 13.4 Å². The Morgan fingerprint density at radius 1 is 1.15 bits per heavy atom. The van der Waals surface area contributed by atoms with Gasteiger partial charge in [-0.05, 0) is 70.7 Å². The lowest BCUT2D eigenvalue weighted by Gasteiger charge is -2.05. The highest BCUT2D eigenvalue weighted by molar-refractivity contribution is 7.84. The molecule has 134 valence electrons. The first-order valence-electron chi connectivity index (χ1n) is 8.27. The first-order valence-corrected chi connectivity index (χ1v) is 9.82. The fourth-order valence-electron chi connectivity index (χ4n) is 3.15. The molecular weight excluding hydrogens is 349 g/mol. The van der Waals surface area contributed by atoms with Crippen LogP contribution in [0, 0.1) is 5.82 Å². The summed E-state index contributed by atoms with van der Waals surface area (Å²) in [7, 11) is 0.576. The van der Waals surface area contributed by atoms with Crippen LogP contribution in [0.15, 0.2) is 52.9 Å². The van der Waals surface area contributed by atoms with Crippen LogP contribution in [0.4, 0.5) is 4.39 Å². The second-order valence-electron chi connectivity index (χ2n) is 6.22. The Hall–Kier alpha value is -2.53. The summed E-state index contributed by atoms with van der Waals surface area (Å²) in [5.41, 5.74) is 5.44. The van der Waals surface area contributed by atoms with Crippen LogP contribution in [-0.4, -0.2) is 23.4 Å². The quantitative estimate of drug-likeness (QED) is 0.885. The molecule has 3 rings (SSSR count). The topological polar surface area (TPSA) is 46.2 Å². The Labute approximate surface area is 155 Å². The molecular formula is C21H20FNO2S. The van der Waals surface area contributed by atoms with Gasteiger partial charge in [-0.15, -0.1) is 0 Å². The second-order valence-corrected chi connectivity index (χ2v) is 7.60. The van der Waals surface area contributed by atoms with Gasteiger partial charge in [0.1, 0.15) is 5.82 Å². The molecule has 0 aromatic heterocycles. The monoisotopic (exact) mass is 369 g/mol. The van der Waals surface area contributed by atoms with Crippen LogP contribution in [0.5, 0.6) is 0 Å². The molecule has 1 amide bonds. The van der Waals surface area contributed by atoms with Gasteiger partial charge in [0.05, 0.1) is 6.42 Å². The first-order chi connectivity index (χ1) is 12.4. The molecule has 0 saturated carbocycles. The molecule has 0 aliphatic heterocycles. The van der Waals surface area contributed by atoms with Gasteiger partial charge in [-0.1, -0.05) is 18.2 Å². The zero-order valence-electron chi connectivity index (χ0n) is 14.9. The van der Waals surface area contributed by atoms with E-state index in [0.717, 1.165) is 38.3 Å². The Morgan fingerprint density at radius 2 is 1.85 bits per heavy atom. The molecule has 0 fully saturated rings. The summed E-state index contributed by atoms with van der Waals surface area (Å²) in [4.78, 5) is 12.7. The summed E-state index contributed by atoms with van der Waals surface area (Å²) in [5.74, 6) is -0.424. The molecule has 26 heavy (non-hydrogen) atoms. The van der Waals surface area contributed by atoms with Crippen molar-refractivity contribution in [3.63, 3.8) is 0 Å². The number of rotatable bonds is 4. The normalized spacial score (nSPS) is 15.9. The number of halogens is 1. The number of carbonyl (C=O) groups excluding carboxylic acids is 1. The molecule has 1 unspecified atom stereocenters. The zero-order valence-corrected chi connectivity index (χ0v) is 15.7. The van der Waals surface area contributed by atoms with Gasteiger partial charge in [0.2, 0.25) is 5.91 Å². The number of hydrogen-bond donors (Lipinski definition) is 1. The lowest BCUT2D eigenvalue weighted by Crippen LogP contribution is -2.17. The lowest BCUT2D eigenvalue weighted by molar-refractivity contribution is -0.119. The van der Waals surface area contributed by atoms with E-state index in [4.69, 9.17) is 0 Å². The number of benzene rings is 2. The predicted octanol–water partition coefficient (Wildman–Crippen LogP) is 4.03. The minimum Gasteiger partial charge on any atom is -0.359 e. The SMILES string of the molecule is CNC(=O)CC1=C(C)/C(=C/c2ccc(S(C)=O)cc2)c2ccc(F)cc21. The van der Waals surface area contributed by atoms with E-state index < -0.39 is 10.8 Å². The molecule has 3 nitrogen and oxygen atoms in total. The molecule has 2 aromatic rings. The Bertz CT molecular complexity index is 958. The largest absolute Gasteiger partial charge is 0.359 e.